The van der Waals surface area contributed by atoms with Gasteiger partial charge in [-0.2, -0.15) is 0 Å². The van der Waals surface area contributed by atoms with Crippen molar-refractivity contribution in [2.45, 2.75) is 4.34 Å². The molecule has 0 amide bonds. The highest BCUT2D eigenvalue weighted by atomic mass is 32.2. The van der Waals surface area contributed by atoms with E-state index in [-0.39, 0.29) is 17.3 Å². The molecule has 0 saturated heterocycles. The van der Waals surface area contributed by atoms with E-state index in [4.69, 9.17) is 4.74 Å². The molecule has 0 unspecified atom stereocenters. The van der Waals surface area contributed by atoms with Crippen LogP contribution in [0, 0.1) is 5.82 Å². The first kappa shape index (κ1) is 16.4. The number of carbonyl (C=O) groups excluding carboxylic acids is 1. The quantitative estimate of drug-likeness (QED) is 0.452. The smallest absolute Gasteiger partial charge is 0.206 e. The lowest BCUT2D eigenvalue weighted by atomic mass is 10.1. The predicted molar refractivity (Wildman–Crippen MR) is 86.6 cm³/mol. The lowest BCUT2D eigenvalue weighted by molar-refractivity contribution is 0.102. The van der Waals surface area contributed by atoms with Crippen LogP contribution < -0.4 is 10.1 Å². The Bertz CT molecular complexity index is 676. The number of nitrogens with zero attached hydrogens (tertiary/aromatic N) is 2. The third kappa shape index (κ3) is 4.28. The Kier molecular flexibility index (Phi) is 5.91. The molecule has 0 spiro atoms. The molecular weight excluding hydrogens is 325 g/mol. The molecule has 0 saturated carbocycles. The molecule has 0 aliphatic rings. The third-order valence-electron chi connectivity index (χ3n) is 2.60. The van der Waals surface area contributed by atoms with Crippen LogP contribution in [0.5, 0.6) is 5.75 Å². The van der Waals surface area contributed by atoms with Crippen LogP contribution in [-0.2, 0) is 0 Å². The number of carbonyl (C=O) groups is 1. The van der Waals surface area contributed by atoms with Crippen molar-refractivity contribution in [2.75, 3.05) is 24.7 Å². The molecule has 0 radical (unpaired) electrons. The summed E-state index contributed by atoms with van der Waals surface area (Å²) in [7, 11) is 1.38. The zero-order chi connectivity index (χ0) is 15.9. The van der Waals surface area contributed by atoms with Gasteiger partial charge in [0.05, 0.1) is 12.9 Å². The molecule has 0 bridgehead atoms. The summed E-state index contributed by atoms with van der Waals surface area (Å²) in [4.78, 5) is 12.0. The highest BCUT2D eigenvalue weighted by Gasteiger charge is 2.12. The van der Waals surface area contributed by atoms with Crippen molar-refractivity contribution in [1.82, 2.24) is 10.2 Å². The van der Waals surface area contributed by atoms with Crippen molar-refractivity contribution in [3.63, 3.8) is 0 Å². The van der Waals surface area contributed by atoms with E-state index < -0.39 is 5.82 Å². The van der Waals surface area contributed by atoms with Crippen molar-refractivity contribution in [3.8, 4) is 5.75 Å². The highest BCUT2D eigenvalue weighted by Crippen LogP contribution is 2.26. The summed E-state index contributed by atoms with van der Waals surface area (Å²) in [5.41, 5.74) is 0.306. The number of rotatable bonds is 8. The zero-order valence-electron chi connectivity index (χ0n) is 11.8. The first-order chi connectivity index (χ1) is 10.6. The molecule has 1 aromatic heterocycles. The third-order valence-corrected chi connectivity index (χ3v) is 4.62. The Morgan fingerprint density at radius 3 is 3.05 bits per heavy atom. The van der Waals surface area contributed by atoms with E-state index in [0.29, 0.717) is 21.6 Å². The first-order valence-corrected chi connectivity index (χ1v) is 8.12. The normalized spacial score (nSPS) is 10.3. The molecule has 0 aliphatic carbocycles. The van der Waals surface area contributed by atoms with E-state index >= 15 is 0 Å². The average molecular weight is 339 g/mol. The van der Waals surface area contributed by atoms with Gasteiger partial charge in [0.2, 0.25) is 5.13 Å². The number of ketones is 1. The topological polar surface area (TPSA) is 64.1 Å². The van der Waals surface area contributed by atoms with E-state index in [2.05, 4.69) is 22.1 Å². The summed E-state index contributed by atoms with van der Waals surface area (Å²) in [5.74, 6) is -0.444. The van der Waals surface area contributed by atoms with E-state index in [1.807, 2.05) is 0 Å². The molecule has 116 valence electrons. The van der Waals surface area contributed by atoms with Gasteiger partial charge in [-0.05, 0) is 18.2 Å². The van der Waals surface area contributed by atoms with E-state index in [0.717, 1.165) is 0 Å². The van der Waals surface area contributed by atoms with Gasteiger partial charge in [0.15, 0.2) is 21.7 Å². The summed E-state index contributed by atoms with van der Waals surface area (Å²) in [6.07, 6.45) is 1.72. The molecular formula is C14H14FN3O2S2. The van der Waals surface area contributed by atoms with Crippen LogP contribution in [0.15, 0.2) is 35.2 Å². The second-order valence-electron chi connectivity index (χ2n) is 4.10. The van der Waals surface area contributed by atoms with Gasteiger partial charge < -0.3 is 10.1 Å². The van der Waals surface area contributed by atoms with Gasteiger partial charge in [0.25, 0.3) is 0 Å². The number of benzene rings is 1. The minimum atomic E-state index is -0.551. The van der Waals surface area contributed by atoms with E-state index in [1.54, 1.807) is 12.1 Å². The fraction of sp³-hybridized carbons (Fsp3) is 0.214. The van der Waals surface area contributed by atoms with E-state index in [9.17, 15) is 9.18 Å². The van der Waals surface area contributed by atoms with Gasteiger partial charge in [0, 0.05) is 12.1 Å². The molecule has 22 heavy (non-hydrogen) atoms. The largest absolute Gasteiger partial charge is 0.494 e. The minimum Gasteiger partial charge on any atom is -0.494 e. The number of thioether (sulfide) groups is 1. The number of methoxy groups -OCH3 is 1. The number of aromatic nitrogens is 2. The van der Waals surface area contributed by atoms with Crippen LogP contribution in [0.3, 0.4) is 0 Å². The maximum atomic E-state index is 13.6. The van der Waals surface area contributed by atoms with Crippen LogP contribution in [-0.4, -0.2) is 35.4 Å². The Balaban J connectivity index is 1.93. The molecule has 1 N–H and O–H groups in total. The van der Waals surface area contributed by atoms with Crippen molar-refractivity contribution >= 4 is 34.0 Å². The molecule has 0 fully saturated rings. The standard InChI is InChI=1S/C14H14FN3O2S2/c1-3-6-16-13-17-18-14(22-13)21-8-11(19)9-4-5-12(20-2)10(15)7-9/h3-5,7H,1,6,8H2,2H3,(H,16,17). The van der Waals surface area contributed by atoms with Crippen molar-refractivity contribution in [2.24, 2.45) is 0 Å². The number of hydrogen-bond acceptors (Lipinski definition) is 7. The molecule has 0 aliphatic heterocycles. The second-order valence-corrected chi connectivity index (χ2v) is 6.30. The molecule has 2 rings (SSSR count). The fourth-order valence-corrected chi connectivity index (χ4v) is 3.20. The van der Waals surface area contributed by atoms with Crippen LogP contribution >= 0.6 is 23.1 Å². The van der Waals surface area contributed by atoms with Crippen LogP contribution in [0.1, 0.15) is 10.4 Å². The highest BCUT2D eigenvalue weighted by molar-refractivity contribution is 8.01. The Hall–Kier alpha value is -1.93. The van der Waals surface area contributed by atoms with Crippen molar-refractivity contribution in [3.05, 3.63) is 42.2 Å². The molecule has 1 aromatic carbocycles. The molecule has 5 nitrogen and oxygen atoms in total. The van der Waals surface area contributed by atoms with Crippen LogP contribution in [0.25, 0.3) is 0 Å². The number of Topliss-reactive ketones (excluding diaryl/α,β-unsaturated/α-hetero) is 1. The van der Waals surface area contributed by atoms with Gasteiger partial charge in [-0.3, -0.25) is 4.79 Å². The maximum Gasteiger partial charge on any atom is 0.206 e. The summed E-state index contributed by atoms with van der Waals surface area (Å²) in [6.45, 7) is 4.20. The lowest BCUT2D eigenvalue weighted by Gasteiger charge is -2.04. The maximum absolute atomic E-state index is 13.6. The Morgan fingerprint density at radius 1 is 1.55 bits per heavy atom. The fourth-order valence-electron chi connectivity index (χ4n) is 1.55. The number of halogens is 1. The minimum absolute atomic E-state index is 0.117. The van der Waals surface area contributed by atoms with Gasteiger partial charge >= 0.3 is 0 Å². The molecule has 0 atom stereocenters. The molecule has 2 aromatic rings. The first-order valence-electron chi connectivity index (χ1n) is 6.32. The van der Waals surface area contributed by atoms with Crippen molar-refractivity contribution in [1.29, 1.82) is 0 Å². The van der Waals surface area contributed by atoms with Gasteiger partial charge in [0.1, 0.15) is 0 Å². The number of ether oxygens (including phenoxy) is 1. The molecule has 8 heteroatoms. The summed E-state index contributed by atoms with van der Waals surface area (Å²) >= 11 is 2.62. The van der Waals surface area contributed by atoms with Crippen LogP contribution in [0.4, 0.5) is 9.52 Å². The van der Waals surface area contributed by atoms with E-state index in [1.165, 1.54) is 42.3 Å². The number of nitrogens with one attached hydrogen (secondary N) is 1. The van der Waals surface area contributed by atoms with Gasteiger partial charge in [-0.1, -0.05) is 29.2 Å². The lowest BCUT2D eigenvalue weighted by Crippen LogP contribution is -2.03. The predicted octanol–water partition coefficient (Wildman–Crippen LogP) is 3.26. The summed E-state index contributed by atoms with van der Waals surface area (Å²) in [6, 6.07) is 4.16. The Labute approximate surface area is 135 Å². The second kappa shape index (κ2) is 7.90. The van der Waals surface area contributed by atoms with Crippen LogP contribution in [0.2, 0.25) is 0 Å². The summed E-state index contributed by atoms with van der Waals surface area (Å²) in [5, 5.41) is 11.6. The molecule has 1 heterocycles. The van der Waals surface area contributed by atoms with Crippen molar-refractivity contribution < 1.29 is 13.9 Å². The number of hydrogen-bond donors (Lipinski definition) is 1. The van der Waals surface area contributed by atoms with Gasteiger partial charge in [-0.25, -0.2) is 4.39 Å². The zero-order valence-corrected chi connectivity index (χ0v) is 13.5. The SMILES string of the molecule is C=CCNc1nnc(SCC(=O)c2ccc(OC)c(F)c2)s1. The Morgan fingerprint density at radius 2 is 2.36 bits per heavy atom. The average Bonchev–Trinajstić information content (AvgIpc) is 2.98. The number of anilines is 1. The summed E-state index contributed by atoms with van der Waals surface area (Å²) < 4.78 is 19.1. The monoisotopic (exact) mass is 339 g/mol. The van der Waals surface area contributed by atoms with Gasteiger partial charge in [-0.15, -0.1) is 16.8 Å².